The van der Waals surface area contributed by atoms with Crippen LogP contribution < -0.4 is 20.5 Å². The average molecular weight is 1130 g/mol. The maximum Gasteiger partial charge on any atom is 0.410 e. The first-order valence-corrected chi connectivity index (χ1v) is 28.6. The number of hydrogen-bond acceptors (Lipinski definition) is 22. The van der Waals surface area contributed by atoms with Gasteiger partial charge < -0.3 is 68.2 Å². The molecule has 24 nitrogen and oxygen atoms in total. The Morgan fingerprint density at radius 1 is 0.575 bits per heavy atom. The first kappa shape index (κ1) is 59.4. The summed E-state index contributed by atoms with van der Waals surface area (Å²) in [6.45, 7) is 14.8. The van der Waals surface area contributed by atoms with Crippen molar-refractivity contribution in [3.8, 4) is 11.8 Å². The Bertz CT molecular complexity index is 2830. The number of anilines is 1. The zero-order chi connectivity index (χ0) is 57.2. The second kappa shape index (κ2) is 26.2. The van der Waals surface area contributed by atoms with E-state index in [4.69, 9.17) is 53.1 Å². The molecule has 6 fully saturated rings. The molecule has 8 heterocycles. The average Bonchev–Trinajstić information content (AvgIpc) is 4.22. The molecule has 6 saturated heterocycles. The van der Waals surface area contributed by atoms with Crippen LogP contribution in [0.1, 0.15) is 87.9 Å². The predicted molar refractivity (Wildman–Crippen MR) is 286 cm³/mol. The fourth-order valence-corrected chi connectivity index (χ4v) is 9.81. The number of rotatable bonds is 11. The third kappa shape index (κ3) is 16.7. The van der Waals surface area contributed by atoms with Gasteiger partial charge in [0.2, 0.25) is 32.7 Å². The molecule has 2 unspecified atom stereocenters. The van der Waals surface area contributed by atoms with Crippen LogP contribution in [0.15, 0.2) is 90.3 Å². The molecule has 2 aromatic heterocycles. The Kier molecular flexibility index (Phi) is 19.5. The number of benzene rings is 2. The van der Waals surface area contributed by atoms with Crippen molar-refractivity contribution in [1.29, 1.82) is 0 Å². The van der Waals surface area contributed by atoms with Gasteiger partial charge in [-0.15, -0.1) is 0 Å². The van der Waals surface area contributed by atoms with Crippen LogP contribution in [-0.4, -0.2) is 193 Å². The standard InChI is InChI=1S/C27H34N4O7.C18H18N2O7S.C10H20N2O2/c1-27(2,3)38-26(33)31-13-10-18(11-14-31)29-25-28-12-9-21(30-25)36-19-15-34-23-20(16-35-22(19)23)37-24(32)17-7-5-4-6-8-17;1-28(22,23)18-19-8-7-14(20-18)26-12-9-24-16-13(10-25-15(12)16)27-17(21)11-5-3-2-4-6-11;1-10(2,3)14-9(13)12-6-4-8(11)5-7-12/h4-9,12,18-20,22-23H,10-11,13-16H2,1-3H3,(H,28,29,30);2-8,12-13,15-16H,9-10H2,1H3;8H,4-7,11H2,1-3H3/t19?,20-,22+,23+;12?,13-,15+,16+;/m00./s1. The van der Waals surface area contributed by atoms with E-state index >= 15 is 0 Å². The van der Waals surface area contributed by atoms with E-state index in [-0.39, 0.29) is 67.3 Å². The number of amides is 2. The molecule has 2 amide bonds. The topological polar surface area (TPSA) is 291 Å². The Morgan fingerprint density at radius 3 is 1.41 bits per heavy atom. The smallest absolute Gasteiger partial charge is 0.410 e. The van der Waals surface area contributed by atoms with Gasteiger partial charge in [0.05, 0.1) is 37.6 Å². The molecule has 8 atom stereocenters. The summed E-state index contributed by atoms with van der Waals surface area (Å²) in [6.07, 6.45) is 3.08. The van der Waals surface area contributed by atoms with Gasteiger partial charge in [0.15, 0.2) is 24.4 Å². The molecule has 3 N–H and O–H groups in total. The molecule has 6 aliphatic rings. The quantitative estimate of drug-likeness (QED) is 0.113. The summed E-state index contributed by atoms with van der Waals surface area (Å²) < 4.78 is 80.2. The van der Waals surface area contributed by atoms with E-state index in [1.807, 2.05) is 53.7 Å². The summed E-state index contributed by atoms with van der Waals surface area (Å²) in [4.78, 5) is 68.5. The molecule has 4 aromatic rings. The fourth-order valence-electron chi connectivity index (χ4n) is 9.30. The number of fused-ring (bicyclic) bond motifs is 2. The highest BCUT2D eigenvalue weighted by molar-refractivity contribution is 7.90. The van der Waals surface area contributed by atoms with Crippen LogP contribution in [0.4, 0.5) is 15.5 Å². The lowest BCUT2D eigenvalue weighted by Crippen LogP contribution is -2.44. The molecular formula is C55H72N8O16S. The van der Waals surface area contributed by atoms with Crippen molar-refractivity contribution in [1.82, 2.24) is 29.7 Å². The van der Waals surface area contributed by atoms with Gasteiger partial charge >= 0.3 is 24.1 Å². The van der Waals surface area contributed by atoms with Gasteiger partial charge in [0, 0.05) is 69.0 Å². The fraction of sp³-hybridized carbons (Fsp3) is 0.564. The molecule has 0 radical (unpaired) electrons. The SMILES string of the molecule is CC(C)(C)OC(=O)N1CCC(N)CC1.CC(C)(C)OC(=O)N1CCC(Nc2nccc(OC3CO[C@@H]4[C@@H](OC(=O)c5ccccc5)CO[C@H]34)n2)CC1.CS(=O)(=O)c1nccc(OC2CO[C@@H]3[C@@H](OC(=O)c4ccccc4)CO[C@H]23)n1. The van der Waals surface area contributed by atoms with Crippen molar-refractivity contribution in [3.63, 3.8) is 0 Å². The second-order valence-corrected chi connectivity index (χ2v) is 23.9. The molecular weight excluding hydrogens is 1060 g/mol. The minimum atomic E-state index is -3.55. The Hall–Kier alpha value is -6.77. The Morgan fingerprint density at radius 2 is 0.975 bits per heavy atom. The molecule has 10 rings (SSSR count). The van der Waals surface area contributed by atoms with Crippen molar-refractivity contribution in [2.24, 2.45) is 5.73 Å². The summed E-state index contributed by atoms with van der Waals surface area (Å²) in [7, 11) is -3.55. The van der Waals surface area contributed by atoms with E-state index < -0.39 is 69.6 Å². The van der Waals surface area contributed by atoms with Crippen molar-refractivity contribution < 1.29 is 75.0 Å². The van der Waals surface area contributed by atoms with Crippen LogP contribution in [0.25, 0.3) is 0 Å². The summed E-state index contributed by atoms with van der Waals surface area (Å²) in [5.41, 5.74) is 5.76. The number of carbonyl (C=O) groups excluding carboxylic acids is 4. The Labute approximate surface area is 465 Å². The number of nitrogens with one attached hydrogen (secondary N) is 1. The zero-order valence-electron chi connectivity index (χ0n) is 46.0. The molecule has 434 valence electrons. The largest absolute Gasteiger partial charge is 0.469 e. The third-order valence-corrected chi connectivity index (χ3v) is 14.1. The van der Waals surface area contributed by atoms with Gasteiger partial charge in [-0.3, -0.25) is 0 Å². The lowest BCUT2D eigenvalue weighted by Gasteiger charge is -2.33. The van der Waals surface area contributed by atoms with Gasteiger partial charge in [0.1, 0.15) is 35.6 Å². The van der Waals surface area contributed by atoms with Gasteiger partial charge in [-0.1, -0.05) is 36.4 Å². The number of likely N-dealkylation sites (tertiary alicyclic amines) is 2. The van der Waals surface area contributed by atoms with Crippen LogP contribution in [0.5, 0.6) is 11.8 Å². The van der Waals surface area contributed by atoms with E-state index in [0.717, 1.165) is 45.0 Å². The van der Waals surface area contributed by atoms with Crippen LogP contribution in [0.2, 0.25) is 0 Å². The number of carbonyl (C=O) groups is 4. The molecule has 25 heteroatoms. The lowest BCUT2D eigenvalue weighted by atomic mass is 10.1. The normalized spacial score (nSPS) is 24.9. The highest BCUT2D eigenvalue weighted by Crippen LogP contribution is 2.33. The van der Waals surface area contributed by atoms with Crippen molar-refractivity contribution in [3.05, 3.63) is 96.3 Å². The number of piperidine rings is 2. The molecule has 6 aliphatic heterocycles. The summed E-state index contributed by atoms with van der Waals surface area (Å²) >= 11 is 0. The maximum atomic E-state index is 12.5. The van der Waals surface area contributed by atoms with E-state index in [0.29, 0.717) is 42.7 Å². The number of nitrogens with two attached hydrogens (primary N) is 1. The molecule has 0 saturated carbocycles. The summed E-state index contributed by atoms with van der Waals surface area (Å²) in [6, 6.07) is 21.0. The molecule has 2 aromatic carbocycles. The number of ether oxygens (including phenoxy) is 10. The number of hydrogen-bond donors (Lipinski definition) is 2. The summed E-state index contributed by atoms with van der Waals surface area (Å²) in [5.74, 6) is 0.109. The molecule has 0 spiro atoms. The van der Waals surface area contributed by atoms with Gasteiger partial charge in [-0.25, -0.2) is 37.6 Å². The first-order chi connectivity index (χ1) is 38.0. The lowest BCUT2D eigenvalue weighted by molar-refractivity contribution is -0.0195. The minimum Gasteiger partial charge on any atom is -0.469 e. The number of sulfone groups is 1. The van der Waals surface area contributed by atoms with Gasteiger partial charge in [-0.05, 0) is 91.5 Å². The number of esters is 2. The second-order valence-electron chi connectivity index (χ2n) is 22.0. The van der Waals surface area contributed by atoms with Crippen LogP contribution in [-0.2, 0) is 47.7 Å². The molecule has 0 bridgehead atoms. The van der Waals surface area contributed by atoms with E-state index in [2.05, 4.69) is 25.3 Å². The predicted octanol–water partition coefficient (Wildman–Crippen LogP) is 5.05. The van der Waals surface area contributed by atoms with Crippen LogP contribution in [0.3, 0.4) is 0 Å². The van der Waals surface area contributed by atoms with Crippen molar-refractivity contribution in [2.45, 2.75) is 144 Å². The monoisotopic (exact) mass is 1130 g/mol. The van der Waals surface area contributed by atoms with Crippen LogP contribution >= 0.6 is 0 Å². The number of nitrogens with zero attached hydrogens (tertiary/aromatic N) is 6. The van der Waals surface area contributed by atoms with E-state index in [1.54, 1.807) is 70.6 Å². The molecule has 80 heavy (non-hydrogen) atoms. The highest BCUT2D eigenvalue weighted by Gasteiger charge is 2.52. The van der Waals surface area contributed by atoms with Crippen LogP contribution in [0, 0.1) is 0 Å². The van der Waals surface area contributed by atoms with E-state index in [1.165, 1.54) is 12.3 Å². The first-order valence-electron chi connectivity index (χ1n) is 26.7. The highest BCUT2D eigenvalue weighted by atomic mass is 32.2. The zero-order valence-corrected chi connectivity index (χ0v) is 46.9. The van der Waals surface area contributed by atoms with Gasteiger partial charge in [0.25, 0.3) is 0 Å². The van der Waals surface area contributed by atoms with Gasteiger partial charge in [-0.2, -0.15) is 9.97 Å². The minimum absolute atomic E-state index is 0.109. The summed E-state index contributed by atoms with van der Waals surface area (Å²) in [5, 5.41) is 3.03. The molecule has 0 aliphatic carbocycles. The van der Waals surface area contributed by atoms with Crippen molar-refractivity contribution >= 4 is 39.9 Å². The Balaban J connectivity index is 0.000000175. The van der Waals surface area contributed by atoms with E-state index in [9.17, 15) is 27.6 Å². The maximum absolute atomic E-state index is 12.5. The third-order valence-electron chi connectivity index (χ3n) is 13.2. The number of aromatic nitrogens is 4. The van der Waals surface area contributed by atoms with Crippen molar-refractivity contribution in [2.75, 3.05) is 64.2 Å².